The number of hydrogen-bond donors (Lipinski definition) is 0. The van der Waals surface area contributed by atoms with Crippen molar-refractivity contribution in [1.82, 2.24) is 9.78 Å². The van der Waals surface area contributed by atoms with Gasteiger partial charge >= 0.3 is 0 Å². The maximum absolute atomic E-state index is 12.0. The van der Waals surface area contributed by atoms with Gasteiger partial charge in [0.1, 0.15) is 5.69 Å². The van der Waals surface area contributed by atoms with Crippen molar-refractivity contribution in [2.24, 2.45) is 0 Å². The molecular weight excluding hydrogens is 204 g/mol. The van der Waals surface area contributed by atoms with Gasteiger partial charge in [-0.3, -0.25) is 9.48 Å². The zero-order valence-electron chi connectivity index (χ0n) is 10.5. The van der Waals surface area contributed by atoms with Crippen molar-refractivity contribution in [1.29, 1.82) is 0 Å². The van der Waals surface area contributed by atoms with Gasteiger partial charge in [-0.15, -0.1) is 0 Å². The predicted octanol–water partition coefficient (Wildman–Crippen LogP) is 2.29. The highest BCUT2D eigenvalue weighted by molar-refractivity contribution is 5.95. The molecule has 4 nitrogen and oxygen atoms in total. The van der Waals surface area contributed by atoms with E-state index in [0.717, 1.165) is 13.0 Å². The van der Waals surface area contributed by atoms with Crippen molar-refractivity contribution in [3.05, 3.63) is 18.0 Å². The molecule has 0 spiro atoms. The van der Waals surface area contributed by atoms with E-state index in [1.807, 2.05) is 13.8 Å². The normalized spacial score (nSPS) is 11.8. The van der Waals surface area contributed by atoms with Crippen LogP contribution in [0.15, 0.2) is 12.3 Å². The summed E-state index contributed by atoms with van der Waals surface area (Å²) in [5.74, 6) is 0.0813. The standard InChI is InChI=1S/C12H20N2O2/c1-5-8-14-10(6-7-13-14)11(15)9-12(2,3)16-4/h6-7H,5,8-9H2,1-4H3. The Bertz CT molecular complexity index is 356. The number of ketones is 1. The molecule has 0 amide bonds. The second kappa shape index (κ2) is 5.25. The second-order valence-electron chi connectivity index (χ2n) is 4.50. The monoisotopic (exact) mass is 224 g/mol. The number of methoxy groups -OCH3 is 1. The number of Topliss-reactive ketones (excluding diaryl/α,β-unsaturated/α-hetero) is 1. The number of carbonyl (C=O) groups excluding carboxylic acids is 1. The Morgan fingerprint density at radius 1 is 1.56 bits per heavy atom. The van der Waals surface area contributed by atoms with Crippen LogP contribution in [0.4, 0.5) is 0 Å². The van der Waals surface area contributed by atoms with Crippen LogP contribution in [0, 0.1) is 0 Å². The van der Waals surface area contributed by atoms with E-state index in [0.29, 0.717) is 12.1 Å². The number of nitrogens with zero attached hydrogens (tertiary/aromatic N) is 2. The summed E-state index contributed by atoms with van der Waals surface area (Å²) in [5.41, 5.74) is 0.255. The average Bonchev–Trinajstić information content (AvgIpc) is 2.66. The quantitative estimate of drug-likeness (QED) is 0.696. The molecule has 1 aromatic rings. The molecule has 0 radical (unpaired) electrons. The van der Waals surface area contributed by atoms with Crippen LogP contribution in [0.1, 0.15) is 44.1 Å². The van der Waals surface area contributed by atoms with Crippen LogP contribution in [-0.2, 0) is 11.3 Å². The summed E-state index contributed by atoms with van der Waals surface area (Å²) in [4.78, 5) is 12.0. The summed E-state index contributed by atoms with van der Waals surface area (Å²) in [5, 5.41) is 4.14. The molecule has 1 heterocycles. The molecule has 16 heavy (non-hydrogen) atoms. The Morgan fingerprint density at radius 2 is 2.25 bits per heavy atom. The van der Waals surface area contributed by atoms with Gasteiger partial charge in [-0.1, -0.05) is 6.92 Å². The van der Waals surface area contributed by atoms with Crippen molar-refractivity contribution in [3.8, 4) is 0 Å². The lowest BCUT2D eigenvalue weighted by Crippen LogP contribution is -2.27. The number of carbonyl (C=O) groups is 1. The molecule has 0 atom stereocenters. The molecule has 4 heteroatoms. The molecule has 0 aliphatic heterocycles. The maximum Gasteiger partial charge on any atom is 0.183 e. The SMILES string of the molecule is CCCn1nccc1C(=O)CC(C)(C)OC. The van der Waals surface area contributed by atoms with E-state index < -0.39 is 5.60 Å². The fourth-order valence-corrected chi connectivity index (χ4v) is 1.51. The highest BCUT2D eigenvalue weighted by Crippen LogP contribution is 2.17. The maximum atomic E-state index is 12.0. The molecule has 0 N–H and O–H groups in total. The average molecular weight is 224 g/mol. The van der Waals surface area contributed by atoms with Crippen LogP contribution in [0.25, 0.3) is 0 Å². The minimum atomic E-state index is -0.418. The summed E-state index contributed by atoms with van der Waals surface area (Å²) in [6, 6.07) is 1.77. The fraction of sp³-hybridized carbons (Fsp3) is 0.667. The zero-order valence-corrected chi connectivity index (χ0v) is 10.5. The lowest BCUT2D eigenvalue weighted by Gasteiger charge is -2.21. The Hall–Kier alpha value is -1.16. The van der Waals surface area contributed by atoms with Crippen molar-refractivity contribution in [3.63, 3.8) is 0 Å². The van der Waals surface area contributed by atoms with Gasteiger partial charge in [0.05, 0.1) is 5.60 Å². The van der Waals surface area contributed by atoms with Crippen LogP contribution < -0.4 is 0 Å². The molecular formula is C12H20N2O2. The van der Waals surface area contributed by atoms with Crippen LogP contribution in [0.3, 0.4) is 0 Å². The second-order valence-corrected chi connectivity index (χ2v) is 4.50. The lowest BCUT2D eigenvalue weighted by atomic mass is 10.00. The molecule has 0 fully saturated rings. The van der Waals surface area contributed by atoms with Crippen molar-refractivity contribution >= 4 is 5.78 Å². The van der Waals surface area contributed by atoms with E-state index in [1.54, 1.807) is 24.1 Å². The third-order valence-electron chi connectivity index (χ3n) is 2.58. The summed E-state index contributed by atoms with van der Waals surface area (Å²) < 4.78 is 7.01. The minimum Gasteiger partial charge on any atom is -0.378 e. The summed E-state index contributed by atoms with van der Waals surface area (Å²) >= 11 is 0. The molecule has 0 bridgehead atoms. The van der Waals surface area contributed by atoms with Gasteiger partial charge in [-0.25, -0.2) is 0 Å². The van der Waals surface area contributed by atoms with Crippen molar-refractivity contribution in [2.75, 3.05) is 7.11 Å². The first kappa shape index (κ1) is 12.9. The highest BCUT2D eigenvalue weighted by atomic mass is 16.5. The van der Waals surface area contributed by atoms with E-state index >= 15 is 0 Å². The number of aromatic nitrogens is 2. The van der Waals surface area contributed by atoms with Gasteiger partial charge in [0.25, 0.3) is 0 Å². The van der Waals surface area contributed by atoms with Crippen LogP contribution in [0.5, 0.6) is 0 Å². The van der Waals surface area contributed by atoms with Crippen molar-refractivity contribution in [2.45, 2.75) is 45.8 Å². The Labute approximate surface area is 96.6 Å². The molecule has 90 valence electrons. The molecule has 0 aliphatic rings. The van der Waals surface area contributed by atoms with E-state index in [4.69, 9.17) is 4.74 Å². The molecule has 1 aromatic heterocycles. The van der Waals surface area contributed by atoms with Crippen molar-refractivity contribution < 1.29 is 9.53 Å². The van der Waals surface area contributed by atoms with Crippen LogP contribution >= 0.6 is 0 Å². The lowest BCUT2D eigenvalue weighted by molar-refractivity contribution is 0.0169. The van der Waals surface area contributed by atoms with Gasteiger partial charge in [-0.05, 0) is 26.3 Å². The number of hydrogen-bond acceptors (Lipinski definition) is 3. The van der Waals surface area contributed by atoms with E-state index in [2.05, 4.69) is 12.0 Å². The third kappa shape index (κ3) is 3.17. The first-order valence-electron chi connectivity index (χ1n) is 5.60. The molecule has 0 aliphatic carbocycles. The van der Waals surface area contributed by atoms with Gasteiger partial charge < -0.3 is 4.74 Å². The molecule has 0 saturated carbocycles. The first-order chi connectivity index (χ1) is 7.50. The summed E-state index contributed by atoms with van der Waals surface area (Å²) in [7, 11) is 1.62. The molecule has 0 aromatic carbocycles. The fourth-order valence-electron chi connectivity index (χ4n) is 1.51. The van der Waals surface area contributed by atoms with E-state index in [9.17, 15) is 4.79 Å². The molecule has 1 rings (SSSR count). The van der Waals surface area contributed by atoms with Gasteiger partial charge in [0.2, 0.25) is 0 Å². The molecule has 0 unspecified atom stereocenters. The minimum absolute atomic E-state index is 0.0813. The largest absolute Gasteiger partial charge is 0.378 e. The number of rotatable bonds is 6. The Morgan fingerprint density at radius 3 is 2.81 bits per heavy atom. The number of ether oxygens (including phenoxy) is 1. The van der Waals surface area contributed by atoms with Gasteiger partial charge in [0, 0.05) is 26.3 Å². The Kier molecular flexibility index (Phi) is 4.24. The highest BCUT2D eigenvalue weighted by Gasteiger charge is 2.23. The topological polar surface area (TPSA) is 44.1 Å². The first-order valence-corrected chi connectivity index (χ1v) is 5.60. The predicted molar refractivity (Wildman–Crippen MR) is 62.6 cm³/mol. The summed E-state index contributed by atoms with van der Waals surface area (Å²) in [6.07, 6.45) is 3.01. The van der Waals surface area contributed by atoms with Gasteiger partial charge in [-0.2, -0.15) is 5.10 Å². The van der Waals surface area contributed by atoms with Gasteiger partial charge in [0.15, 0.2) is 5.78 Å². The molecule has 0 saturated heterocycles. The van der Waals surface area contributed by atoms with Crippen LogP contribution in [0.2, 0.25) is 0 Å². The van der Waals surface area contributed by atoms with E-state index in [-0.39, 0.29) is 5.78 Å². The smallest absolute Gasteiger partial charge is 0.183 e. The third-order valence-corrected chi connectivity index (χ3v) is 2.58. The Balaban J connectivity index is 2.76. The van der Waals surface area contributed by atoms with Crippen LogP contribution in [-0.4, -0.2) is 28.3 Å². The number of aryl methyl sites for hydroxylation is 1. The zero-order chi connectivity index (χ0) is 12.2. The summed E-state index contributed by atoms with van der Waals surface area (Å²) in [6.45, 7) is 6.66. The van der Waals surface area contributed by atoms with E-state index in [1.165, 1.54) is 0 Å².